The van der Waals surface area contributed by atoms with Crippen molar-refractivity contribution in [3.8, 4) is 5.69 Å². The monoisotopic (exact) mass is 408 g/mol. The molecule has 0 aliphatic carbocycles. The molecule has 0 fully saturated rings. The number of benzene rings is 2. The Labute approximate surface area is 163 Å². The Kier molecular flexibility index (Phi) is 5.88. The smallest absolute Gasteiger partial charge is 0.173 e. The zero-order valence-electron chi connectivity index (χ0n) is 15.1. The maximum atomic E-state index is 13.9. The summed E-state index contributed by atoms with van der Waals surface area (Å²) in [6.45, 7) is 3.15. The number of aryl methyl sites for hydroxylation is 1. The van der Waals surface area contributed by atoms with E-state index in [4.69, 9.17) is 0 Å². The molecule has 1 aromatic heterocycles. The van der Waals surface area contributed by atoms with Crippen LogP contribution in [0.4, 0.5) is 17.6 Å². The second-order valence-electron chi connectivity index (χ2n) is 6.23. The minimum absolute atomic E-state index is 0.0925. The van der Waals surface area contributed by atoms with Gasteiger partial charge in [-0.15, -0.1) is 0 Å². The first-order valence-corrected chi connectivity index (χ1v) is 9.35. The Bertz CT molecular complexity index is 1030. The highest BCUT2D eigenvalue weighted by atomic mass is 32.2. The number of thioether (sulfide) groups is 1. The molecule has 28 heavy (non-hydrogen) atoms. The van der Waals surface area contributed by atoms with Crippen molar-refractivity contribution in [2.24, 2.45) is 0 Å². The first-order valence-electron chi connectivity index (χ1n) is 8.36. The minimum Gasteiger partial charge on any atom is -0.300 e. The molecule has 0 N–H and O–H groups in total. The fraction of sp³-hybridized carbons (Fsp3) is 0.200. The van der Waals surface area contributed by atoms with E-state index in [-0.39, 0.29) is 18.0 Å². The van der Waals surface area contributed by atoms with Gasteiger partial charge in [0, 0.05) is 23.4 Å². The Morgan fingerprint density at radius 1 is 1.04 bits per heavy atom. The van der Waals surface area contributed by atoms with Crippen LogP contribution in [0, 0.1) is 30.2 Å². The van der Waals surface area contributed by atoms with Gasteiger partial charge in [0.05, 0.1) is 11.4 Å². The summed E-state index contributed by atoms with van der Waals surface area (Å²) in [5.74, 6) is -3.95. The average molecular weight is 408 g/mol. The number of Topliss-reactive ketones (excluding diaryl/α,β-unsaturated/α-hetero) is 1. The molecule has 8 heteroatoms. The van der Waals surface area contributed by atoms with Crippen molar-refractivity contribution < 1.29 is 22.4 Å². The van der Waals surface area contributed by atoms with Crippen molar-refractivity contribution >= 4 is 17.5 Å². The van der Waals surface area contributed by atoms with Gasteiger partial charge in [-0.05, 0) is 50.2 Å². The highest BCUT2D eigenvalue weighted by Gasteiger charge is 2.20. The number of carbonyl (C=O) groups is 1. The largest absolute Gasteiger partial charge is 0.300 e. The lowest BCUT2D eigenvalue weighted by Gasteiger charge is -2.12. The summed E-state index contributed by atoms with van der Waals surface area (Å²) in [4.78, 5) is 16.1. The molecule has 3 rings (SSSR count). The molecule has 0 bridgehead atoms. The van der Waals surface area contributed by atoms with E-state index in [1.165, 1.54) is 31.2 Å². The van der Waals surface area contributed by atoms with Gasteiger partial charge in [0.2, 0.25) is 0 Å². The molecule has 1 heterocycles. The van der Waals surface area contributed by atoms with Crippen LogP contribution in [0.25, 0.3) is 5.69 Å². The van der Waals surface area contributed by atoms with Gasteiger partial charge in [0.25, 0.3) is 0 Å². The number of hydrogen-bond donors (Lipinski definition) is 0. The van der Waals surface area contributed by atoms with E-state index in [2.05, 4.69) is 4.98 Å². The zero-order chi connectivity index (χ0) is 20.4. The van der Waals surface area contributed by atoms with Crippen LogP contribution in [0.2, 0.25) is 0 Å². The lowest BCUT2D eigenvalue weighted by atomic mass is 10.2. The molecule has 3 nitrogen and oxygen atoms in total. The molecule has 2 aromatic carbocycles. The first kappa shape index (κ1) is 20.1. The van der Waals surface area contributed by atoms with Crippen molar-refractivity contribution in [2.45, 2.75) is 31.2 Å². The van der Waals surface area contributed by atoms with E-state index in [9.17, 15) is 22.4 Å². The third-order valence-corrected chi connectivity index (χ3v) is 5.09. The summed E-state index contributed by atoms with van der Waals surface area (Å²) in [7, 11) is 0. The quantitative estimate of drug-likeness (QED) is 0.321. The molecule has 0 saturated carbocycles. The molecular formula is C20H16F4N2OS. The fourth-order valence-corrected chi connectivity index (χ4v) is 3.85. The minimum atomic E-state index is -1.24. The average Bonchev–Trinajstić information content (AvgIpc) is 2.94. The van der Waals surface area contributed by atoms with E-state index >= 15 is 0 Å². The van der Waals surface area contributed by atoms with E-state index < -0.39 is 28.8 Å². The van der Waals surface area contributed by atoms with Gasteiger partial charge in [0.15, 0.2) is 16.8 Å². The van der Waals surface area contributed by atoms with Crippen molar-refractivity contribution in [3.05, 3.63) is 76.6 Å². The number of nitrogens with zero attached hydrogens (tertiary/aromatic N) is 2. The second kappa shape index (κ2) is 8.18. The highest BCUT2D eigenvalue weighted by Crippen LogP contribution is 2.30. The molecule has 0 spiro atoms. The lowest BCUT2D eigenvalue weighted by molar-refractivity contribution is -0.116. The van der Waals surface area contributed by atoms with E-state index in [0.717, 1.165) is 23.9 Å². The number of halogens is 4. The second-order valence-corrected chi connectivity index (χ2v) is 7.17. The standard InChI is InChI=1S/C20H16F4N2OS/c1-11(27)9-18-12(2)25-20(26(18)14-5-3-13(21)4-6-14)28-10-15-16(22)7-8-17(23)19(15)24/h3-8H,9-10H2,1-2H3. The third-order valence-electron chi connectivity index (χ3n) is 4.13. The van der Waals surface area contributed by atoms with Gasteiger partial charge in [-0.2, -0.15) is 0 Å². The van der Waals surface area contributed by atoms with Crippen molar-refractivity contribution in [1.82, 2.24) is 9.55 Å². The van der Waals surface area contributed by atoms with Gasteiger partial charge in [-0.3, -0.25) is 9.36 Å². The zero-order valence-corrected chi connectivity index (χ0v) is 15.9. The van der Waals surface area contributed by atoms with Gasteiger partial charge in [-0.25, -0.2) is 22.5 Å². The molecule has 0 unspecified atom stereocenters. The number of hydrogen-bond acceptors (Lipinski definition) is 3. The van der Waals surface area contributed by atoms with Crippen LogP contribution in [-0.2, 0) is 17.0 Å². The maximum Gasteiger partial charge on any atom is 0.173 e. The number of imidazole rings is 1. The topological polar surface area (TPSA) is 34.9 Å². The summed E-state index contributed by atoms with van der Waals surface area (Å²) in [5, 5.41) is 0.364. The van der Waals surface area contributed by atoms with Crippen molar-refractivity contribution in [3.63, 3.8) is 0 Å². The Balaban J connectivity index is 2.02. The summed E-state index contributed by atoms with van der Waals surface area (Å²) < 4.78 is 56.3. The molecule has 0 atom stereocenters. The molecule has 0 radical (unpaired) electrons. The van der Waals surface area contributed by atoms with Crippen LogP contribution >= 0.6 is 11.8 Å². The van der Waals surface area contributed by atoms with E-state index in [0.29, 0.717) is 22.2 Å². The van der Waals surface area contributed by atoms with Gasteiger partial charge in [0.1, 0.15) is 17.4 Å². The summed E-state index contributed by atoms with van der Waals surface area (Å²) in [6, 6.07) is 7.17. The number of ketones is 1. The van der Waals surface area contributed by atoms with Crippen molar-refractivity contribution in [2.75, 3.05) is 0 Å². The molecule has 3 aromatic rings. The molecule has 146 valence electrons. The Morgan fingerprint density at radius 3 is 2.32 bits per heavy atom. The first-order chi connectivity index (χ1) is 13.3. The number of aromatic nitrogens is 2. The molecule has 0 saturated heterocycles. The van der Waals surface area contributed by atoms with Gasteiger partial charge in [-0.1, -0.05) is 11.8 Å². The molecular weight excluding hydrogens is 392 g/mol. The number of carbonyl (C=O) groups excluding carboxylic acids is 1. The highest BCUT2D eigenvalue weighted by molar-refractivity contribution is 7.98. The van der Waals surface area contributed by atoms with Crippen LogP contribution < -0.4 is 0 Å². The summed E-state index contributed by atoms with van der Waals surface area (Å²) in [6.07, 6.45) is 0.0967. The van der Waals surface area contributed by atoms with Crippen LogP contribution in [0.5, 0.6) is 0 Å². The molecule has 0 amide bonds. The van der Waals surface area contributed by atoms with Gasteiger partial charge < -0.3 is 0 Å². The predicted octanol–water partition coefficient (Wildman–Crippen LogP) is 5.16. The third kappa shape index (κ3) is 4.11. The molecule has 0 aliphatic rings. The van der Waals surface area contributed by atoms with Crippen LogP contribution in [0.3, 0.4) is 0 Å². The summed E-state index contributed by atoms with van der Waals surface area (Å²) in [5.41, 5.74) is 1.33. The van der Waals surface area contributed by atoms with E-state index in [1.54, 1.807) is 11.5 Å². The lowest BCUT2D eigenvalue weighted by Crippen LogP contribution is -2.07. The van der Waals surface area contributed by atoms with Gasteiger partial charge >= 0.3 is 0 Å². The predicted molar refractivity (Wildman–Crippen MR) is 98.5 cm³/mol. The van der Waals surface area contributed by atoms with Crippen LogP contribution in [0.15, 0.2) is 41.6 Å². The molecule has 0 aliphatic heterocycles. The van der Waals surface area contributed by atoms with E-state index in [1.807, 2.05) is 0 Å². The summed E-state index contributed by atoms with van der Waals surface area (Å²) >= 11 is 0.998. The fourth-order valence-electron chi connectivity index (χ4n) is 2.77. The number of rotatable bonds is 6. The normalized spacial score (nSPS) is 11.1. The van der Waals surface area contributed by atoms with Crippen LogP contribution in [-0.4, -0.2) is 15.3 Å². The maximum absolute atomic E-state index is 13.9. The Hall–Kier alpha value is -2.61. The van der Waals surface area contributed by atoms with Crippen molar-refractivity contribution in [1.29, 1.82) is 0 Å². The van der Waals surface area contributed by atoms with Crippen LogP contribution in [0.1, 0.15) is 23.9 Å². The SMILES string of the molecule is CC(=O)Cc1c(C)nc(SCc2c(F)ccc(F)c2F)n1-c1ccc(F)cc1. The Morgan fingerprint density at radius 2 is 1.68 bits per heavy atom.